The van der Waals surface area contributed by atoms with Crippen molar-refractivity contribution in [3.63, 3.8) is 0 Å². The van der Waals surface area contributed by atoms with Crippen molar-refractivity contribution in [2.75, 3.05) is 14.2 Å². The molecule has 1 atom stereocenters. The monoisotopic (exact) mass is 257 g/mol. The summed E-state index contributed by atoms with van der Waals surface area (Å²) < 4.78 is 9.08. The van der Waals surface area contributed by atoms with Crippen LogP contribution in [0.1, 0.15) is 32.1 Å². The predicted octanol–water partition coefficient (Wildman–Crippen LogP) is 0.397. The molecule has 0 saturated heterocycles. The van der Waals surface area contributed by atoms with E-state index in [9.17, 15) is 14.4 Å². The van der Waals surface area contributed by atoms with Crippen molar-refractivity contribution in [2.24, 2.45) is 5.92 Å². The zero-order valence-corrected chi connectivity index (χ0v) is 10.7. The molecule has 1 N–H and O–H groups in total. The van der Waals surface area contributed by atoms with Crippen LogP contribution in [0.5, 0.6) is 0 Å². The Hall–Kier alpha value is -1.59. The summed E-state index contributed by atoms with van der Waals surface area (Å²) in [6, 6.07) is -0.604. The first-order valence-corrected chi connectivity index (χ1v) is 6.00. The highest BCUT2D eigenvalue weighted by atomic mass is 16.5. The van der Waals surface area contributed by atoms with E-state index in [-0.39, 0.29) is 18.7 Å². The van der Waals surface area contributed by atoms with Gasteiger partial charge in [0, 0.05) is 6.42 Å². The highest BCUT2D eigenvalue weighted by Gasteiger charge is 2.30. The maximum atomic E-state index is 11.6. The Balaban J connectivity index is 2.36. The lowest BCUT2D eigenvalue weighted by molar-refractivity contribution is -0.145. The Bertz CT molecular complexity index is 324. The van der Waals surface area contributed by atoms with Gasteiger partial charge in [-0.2, -0.15) is 0 Å². The summed E-state index contributed by atoms with van der Waals surface area (Å²) in [6.07, 6.45) is 2.82. The van der Waals surface area contributed by atoms with Crippen molar-refractivity contribution >= 4 is 17.8 Å². The van der Waals surface area contributed by atoms with Gasteiger partial charge in [-0.3, -0.25) is 9.59 Å². The molecule has 1 aliphatic carbocycles. The first kappa shape index (κ1) is 14.5. The van der Waals surface area contributed by atoms with Crippen LogP contribution in [0.15, 0.2) is 0 Å². The van der Waals surface area contributed by atoms with Gasteiger partial charge in [0.15, 0.2) is 0 Å². The van der Waals surface area contributed by atoms with Gasteiger partial charge >= 0.3 is 11.9 Å². The lowest BCUT2D eigenvalue weighted by Crippen LogP contribution is -2.42. The number of nitrogens with one attached hydrogen (secondary N) is 1. The number of methoxy groups -OCH3 is 2. The molecule has 0 unspecified atom stereocenters. The van der Waals surface area contributed by atoms with Crippen LogP contribution in [-0.4, -0.2) is 38.1 Å². The number of rotatable bonds is 7. The minimum atomic E-state index is -0.604. The fourth-order valence-electron chi connectivity index (χ4n) is 1.63. The van der Waals surface area contributed by atoms with Gasteiger partial charge < -0.3 is 14.8 Å². The molecule has 0 aromatic carbocycles. The Morgan fingerprint density at radius 2 is 1.83 bits per heavy atom. The third kappa shape index (κ3) is 5.16. The molecule has 6 heteroatoms. The molecule has 1 aliphatic rings. The Morgan fingerprint density at radius 1 is 1.17 bits per heavy atom. The van der Waals surface area contributed by atoms with E-state index in [0.717, 1.165) is 12.8 Å². The lowest BCUT2D eigenvalue weighted by atomic mass is 10.1. The van der Waals surface area contributed by atoms with Crippen LogP contribution in [0, 0.1) is 5.92 Å². The Kier molecular flexibility index (Phi) is 5.61. The van der Waals surface area contributed by atoms with E-state index < -0.39 is 18.0 Å². The third-order valence-electron chi connectivity index (χ3n) is 2.87. The number of carbonyl (C=O) groups excluding carboxylic acids is 3. The van der Waals surface area contributed by atoms with Gasteiger partial charge in [-0.1, -0.05) is 12.8 Å². The quantitative estimate of drug-likeness (QED) is 0.667. The van der Waals surface area contributed by atoms with Crippen LogP contribution in [0.4, 0.5) is 0 Å². The average molecular weight is 257 g/mol. The predicted molar refractivity (Wildman–Crippen MR) is 62.5 cm³/mol. The second kappa shape index (κ2) is 6.98. The molecule has 1 amide bonds. The van der Waals surface area contributed by atoms with E-state index >= 15 is 0 Å². The lowest BCUT2D eigenvalue weighted by Gasteiger charge is -2.15. The van der Waals surface area contributed by atoms with E-state index in [2.05, 4.69) is 14.8 Å². The molecular weight excluding hydrogens is 238 g/mol. The zero-order valence-electron chi connectivity index (χ0n) is 10.7. The number of hydrogen-bond donors (Lipinski definition) is 1. The topological polar surface area (TPSA) is 81.7 Å². The molecule has 0 bridgehead atoms. The van der Waals surface area contributed by atoms with Crippen molar-refractivity contribution < 1.29 is 23.9 Å². The fraction of sp³-hybridized carbons (Fsp3) is 0.750. The van der Waals surface area contributed by atoms with Crippen molar-refractivity contribution in [1.82, 2.24) is 5.32 Å². The van der Waals surface area contributed by atoms with Crippen molar-refractivity contribution in [3.05, 3.63) is 0 Å². The van der Waals surface area contributed by atoms with Gasteiger partial charge in [-0.25, -0.2) is 4.79 Å². The first-order valence-electron chi connectivity index (χ1n) is 6.00. The van der Waals surface area contributed by atoms with E-state index in [0.29, 0.717) is 12.3 Å². The zero-order chi connectivity index (χ0) is 13.5. The van der Waals surface area contributed by atoms with Gasteiger partial charge in [0.2, 0.25) is 5.91 Å². The summed E-state index contributed by atoms with van der Waals surface area (Å²) in [5.41, 5.74) is 0. The summed E-state index contributed by atoms with van der Waals surface area (Å²) in [6.45, 7) is 0. The summed E-state index contributed by atoms with van der Waals surface area (Å²) in [5.74, 6) is -0.721. The second-order valence-corrected chi connectivity index (χ2v) is 4.40. The smallest absolute Gasteiger partial charge is 0.328 e. The molecule has 0 spiro atoms. The molecule has 0 aromatic heterocycles. The number of esters is 2. The number of amides is 1. The van der Waals surface area contributed by atoms with Crippen molar-refractivity contribution in [1.29, 1.82) is 0 Å². The molecule has 0 aliphatic heterocycles. The van der Waals surface area contributed by atoms with E-state index in [1.165, 1.54) is 14.2 Å². The average Bonchev–Trinajstić information content (AvgIpc) is 3.18. The maximum Gasteiger partial charge on any atom is 0.328 e. The van der Waals surface area contributed by atoms with Crippen LogP contribution in [0.3, 0.4) is 0 Å². The van der Waals surface area contributed by atoms with E-state index in [1.54, 1.807) is 0 Å². The molecule has 1 fully saturated rings. The minimum absolute atomic E-state index is 0.0135. The van der Waals surface area contributed by atoms with E-state index in [1.807, 2.05) is 0 Å². The number of carbonyl (C=O) groups is 3. The van der Waals surface area contributed by atoms with Crippen LogP contribution >= 0.6 is 0 Å². The van der Waals surface area contributed by atoms with Gasteiger partial charge in [0.05, 0.1) is 20.6 Å². The Morgan fingerprint density at radius 3 is 2.33 bits per heavy atom. The molecule has 18 heavy (non-hydrogen) atoms. The first-order chi connectivity index (χ1) is 8.56. The van der Waals surface area contributed by atoms with E-state index in [4.69, 9.17) is 0 Å². The number of hydrogen-bond acceptors (Lipinski definition) is 5. The minimum Gasteiger partial charge on any atom is -0.469 e. The number of ether oxygens (including phenoxy) is 2. The Labute approximate surface area is 106 Å². The molecular formula is C12H19NO5. The van der Waals surface area contributed by atoms with Gasteiger partial charge in [-0.15, -0.1) is 0 Å². The fourth-order valence-corrected chi connectivity index (χ4v) is 1.63. The van der Waals surface area contributed by atoms with Crippen LogP contribution in [0.25, 0.3) is 0 Å². The molecule has 0 heterocycles. The third-order valence-corrected chi connectivity index (χ3v) is 2.87. The summed E-state index contributed by atoms with van der Waals surface area (Å²) >= 11 is 0. The van der Waals surface area contributed by atoms with Crippen LogP contribution in [0.2, 0.25) is 0 Å². The van der Waals surface area contributed by atoms with Gasteiger partial charge in [0.25, 0.3) is 0 Å². The molecule has 1 rings (SSSR count). The molecule has 102 valence electrons. The second-order valence-electron chi connectivity index (χ2n) is 4.40. The SMILES string of the molecule is COC(=O)CCC(=O)N[C@@H](CC1CC1)C(=O)OC. The molecule has 0 aromatic rings. The van der Waals surface area contributed by atoms with Gasteiger partial charge in [0.1, 0.15) is 6.04 Å². The van der Waals surface area contributed by atoms with Crippen molar-refractivity contribution in [3.8, 4) is 0 Å². The molecule has 1 saturated carbocycles. The van der Waals surface area contributed by atoms with Crippen LogP contribution in [-0.2, 0) is 23.9 Å². The summed E-state index contributed by atoms with van der Waals surface area (Å²) in [4.78, 5) is 33.9. The van der Waals surface area contributed by atoms with Gasteiger partial charge in [-0.05, 0) is 12.3 Å². The summed E-state index contributed by atoms with van der Waals surface area (Å²) in [7, 11) is 2.56. The summed E-state index contributed by atoms with van der Waals surface area (Å²) in [5, 5.41) is 2.60. The largest absolute Gasteiger partial charge is 0.469 e. The molecule has 0 radical (unpaired) electrons. The van der Waals surface area contributed by atoms with Crippen LogP contribution < -0.4 is 5.32 Å². The normalized spacial score (nSPS) is 15.7. The van der Waals surface area contributed by atoms with Crippen molar-refractivity contribution in [2.45, 2.75) is 38.1 Å². The highest BCUT2D eigenvalue weighted by molar-refractivity contribution is 5.86. The highest BCUT2D eigenvalue weighted by Crippen LogP contribution is 2.33. The maximum absolute atomic E-state index is 11.6. The molecule has 6 nitrogen and oxygen atoms in total. The standard InChI is InChI=1S/C12H19NO5/c1-17-11(15)6-5-10(14)13-9(12(16)18-2)7-8-3-4-8/h8-9H,3-7H2,1-2H3,(H,13,14)/t9-/m0/s1.